The summed E-state index contributed by atoms with van der Waals surface area (Å²) in [5.74, 6) is -0.440. The van der Waals surface area contributed by atoms with Gasteiger partial charge in [-0.15, -0.1) is 5.10 Å². The molecule has 1 aliphatic heterocycles. The van der Waals surface area contributed by atoms with E-state index in [0.29, 0.717) is 35.9 Å². The topological polar surface area (TPSA) is 137 Å². The highest BCUT2D eigenvalue weighted by molar-refractivity contribution is 5.67. The number of carboxylic acids is 1. The molecule has 1 aliphatic rings. The van der Waals surface area contributed by atoms with Crippen LogP contribution < -0.4 is 9.64 Å². The van der Waals surface area contributed by atoms with Crippen LogP contribution in [0.1, 0.15) is 37.6 Å². The van der Waals surface area contributed by atoms with E-state index in [4.69, 9.17) is 9.72 Å². The number of aryl methyl sites for hydroxylation is 2. The quantitative estimate of drug-likeness (QED) is 0.350. The number of aliphatic carboxylic acids is 1. The van der Waals surface area contributed by atoms with Gasteiger partial charge in [0.25, 0.3) is 0 Å². The van der Waals surface area contributed by atoms with Gasteiger partial charge in [0.1, 0.15) is 24.3 Å². The number of hydrogen-bond acceptors (Lipinski definition) is 9. The van der Waals surface area contributed by atoms with Gasteiger partial charge in [0.2, 0.25) is 5.88 Å². The van der Waals surface area contributed by atoms with Crippen molar-refractivity contribution in [3.8, 4) is 23.1 Å². The van der Waals surface area contributed by atoms with Crippen molar-refractivity contribution in [1.82, 2.24) is 39.7 Å². The van der Waals surface area contributed by atoms with Gasteiger partial charge in [-0.05, 0) is 37.3 Å². The minimum atomic E-state index is -0.757. The molecular formula is C25H28FN9O3. The standard InChI is InChI=1S/C25H28FN9O3/c1-3-18-20(34-8-4-5-16(12-34)9-24(36)37)7-6-19(30-18)25-21(33(2)32-31-25)14-38-23-10-22(27-15-28-23)35-13-17(26)11-29-35/h6-7,10-11,13,15-16H,3-5,8-9,12,14H2,1-2H3,(H,36,37). The summed E-state index contributed by atoms with van der Waals surface area (Å²) in [4.78, 5) is 26.6. The first-order chi connectivity index (χ1) is 18.4. The molecule has 12 nitrogen and oxygen atoms in total. The Bertz CT molecular complexity index is 1440. The average molecular weight is 522 g/mol. The Hall–Kier alpha value is -4.42. The predicted molar refractivity (Wildman–Crippen MR) is 134 cm³/mol. The van der Waals surface area contributed by atoms with Crippen LogP contribution in [0.25, 0.3) is 17.2 Å². The zero-order chi connectivity index (χ0) is 26.6. The highest BCUT2D eigenvalue weighted by atomic mass is 19.1. The number of pyridine rings is 1. The lowest BCUT2D eigenvalue weighted by molar-refractivity contribution is -0.138. The number of hydrogen-bond donors (Lipinski definition) is 1. The Morgan fingerprint density at radius 3 is 2.92 bits per heavy atom. The zero-order valence-electron chi connectivity index (χ0n) is 21.2. The van der Waals surface area contributed by atoms with Crippen molar-refractivity contribution >= 4 is 11.7 Å². The third-order valence-electron chi connectivity index (χ3n) is 6.56. The van der Waals surface area contributed by atoms with Gasteiger partial charge in [-0.3, -0.25) is 4.79 Å². The van der Waals surface area contributed by atoms with Crippen LogP contribution >= 0.6 is 0 Å². The molecule has 13 heteroatoms. The number of carbonyl (C=O) groups is 1. The molecule has 0 bridgehead atoms. The van der Waals surface area contributed by atoms with Crippen molar-refractivity contribution in [1.29, 1.82) is 0 Å². The minimum absolute atomic E-state index is 0.122. The highest BCUT2D eigenvalue weighted by Crippen LogP contribution is 2.30. The molecule has 0 radical (unpaired) electrons. The van der Waals surface area contributed by atoms with Crippen molar-refractivity contribution in [2.24, 2.45) is 13.0 Å². The van der Waals surface area contributed by atoms with E-state index in [0.717, 1.165) is 37.0 Å². The molecule has 4 aromatic heterocycles. The number of piperidine rings is 1. The Labute approximate surface area is 218 Å². The van der Waals surface area contributed by atoms with Crippen LogP contribution in [0.4, 0.5) is 10.1 Å². The first kappa shape index (κ1) is 25.2. The summed E-state index contributed by atoms with van der Waals surface area (Å²) in [6, 6.07) is 5.51. The van der Waals surface area contributed by atoms with Crippen LogP contribution in [-0.2, 0) is 24.9 Å². The Morgan fingerprint density at radius 2 is 2.16 bits per heavy atom. The first-order valence-electron chi connectivity index (χ1n) is 12.4. The fourth-order valence-corrected chi connectivity index (χ4v) is 4.71. The number of halogens is 1. The lowest BCUT2D eigenvalue weighted by atomic mass is 9.94. The summed E-state index contributed by atoms with van der Waals surface area (Å²) >= 11 is 0. The fraction of sp³-hybridized carbons (Fsp3) is 0.400. The van der Waals surface area contributed by atoms with Gasteiger partial charge in [0, 0.05) is 32.6 Å². The molecule has 1 N–H and O–H groups in total. The van der Waals surface area contributed by atoms with E-state index in [9.17, 15) is 14.3 Å². The van der Waals surface area contributed by atoms with Crippen molar-refractivity contribution in [2.45, 2.75) is 39.2 Å². The van der Waals surface area contributed by atoms with Crippen LogP contribution in [0.2, 0.25) is 0 Å². The number of aromatic nitrogens is 8. The molecule has 4 aromatic rings. The van der Waals surface area contributed by atoms with E-state index >= 15 is 0 Å². The summed E-state index contributed by atoms with van der Waals surface area (Å²) < 4.78 is 22.2. The highest BCUT2D eigenvalue weighted by Gasteiger charge is 2.25. The Balaban J connectivity index is 1.35. The lowest BCUT2D eigenvalue weighted by Gasteiger charge is -2.34. The summed E-state index contributed by atoms with van der Waals surface area (Å²) in [6.45, 7) is 3.75. The van der Waals surface area contributed by atoms with Crippen molar-refractivity contribution in [2.75, 3.05) is 18.0 Å². The monoisotopic (exact) mass is 521 g/mol. The van der Waals surface area contributed by atoms with Crippen molar-refractivity contribution in [3.05, 3.63) is 54.1 Å². The third kappa shape index (κ3) is 5.45. The molecule has 5 rings (SSSR count). The second-order valence-corrected chi connectivity index (χ2v) is 9.18. The summed E-state index contributed by atoms with van der Waals surface area (Å²) in [7, 11) is 1.78. The van der Waals surface area contributed by atoms with E-state index < -0.39 is 11.8 Å². The first-order valence-corrected chi connectivity index (χ1v) is 12.4. The summed E-state index contributed by atoms with van der Waals surface area (Å²) in [5, 5.41) is 21.6. The molecule has 0 spiro atoms. The SMILES string of the molecule is CCc1nc(-c2nnn(C)c2COc2cc(-n3cc(F)cn3)ncn2)ccc1N1CCCC(CC(=O)O)C1. The average Bonchev–Trinajstić information content (AvgIpc) is 3.52. The molecule has 5 heterocycles. The van der Waals surface area contributed by atoms with Gasteiger partial charge in [-0.1, -0.05) is 12.1 Å². The number of rotatable bonds is 9. The van der Waals surface area contributed by atoms with Crippen LogP contribution in [0.15, 0.2) is 36.9 Å². The second-order valence-electron chi connectivity index (χ2n) is 9.18. The van der Waals surface area contributed by atoms with Gasteiger partial charge in [-0.25, -0.2) is 28.7 Å². The molecule has 38 heavy (non-hydrogen) atoms. The molecule has 1 fully saturated rings. The summed E-state index contributed by atoms with van der Waals surface area (Å²) in [6.07, 6.45) is 6.40. The molecule has 1 unspecified atom stereocenters. The van der Waals surface area contributed by atoms with Crippen LogP contribution in [-0.4, -0.2) is 63.9 Å². The molecule has 198 valence electrons. The molecule has 0 aliphatic carbocycles. The number of ether oxygens (including phenoxy) is 1. The van der Waals surface area contributed by atoms with E-state index in [1.807, 2.05) is 19.1 Å². The van der Waals surface area contributed by atoms with E-state index in [2.05, 4.69) is 30.3 Å². The normalized spacial score (nSPS) is 15.6. The van der Waals surface area contributed by atoms with Gasteiger partial charge < -0.3 is 14.7 Å². The van der Waals surface area contributed by atoms with E-state index in [-0.39, 0.29) is 24.8 Å². The smallest absolute Gasteiger partial charge is 0.303 e. The number of anilines is 1. The van der Waals surface area contributed by atoms with Gasteiger partial charge in [-0.2, -0.15) is 5.10 Å². The van der Waals surface area contributed by atoms with Gasteiger partial charge >= 0.3 is 5.97 Å². The van der Waals surface area contributed by atoms with Crippen molar-refractivity contribution < 1.29 is 19.0 Å². The van der Waals surface area contributed by atoms with Crippen LogP contribution in [0.3, 0.4) is 0 Å². The molecule has 1 atom stereocenters. The van der Waals surface area contributed by atoms with E-state index in [1.165, 1.54) is 17.2 Å². The van der Waals surface area contributed by atoms with Crippen molar-refractivity contribution in [3.63, 3.8) is 0 Å². The molecule has 0 aromatic carbocycles. The lowest BCUT2D eigenvalue weighted by Crippen LogP contribution is -2.37. The summed E-state index contributed by atoms with van der Waals surface area (Å²) in [5.41, 5.74) is 3.92. The Kier molecular flexibility index (Phi) is 7.24. The predicted octanol–water partition coefficient (Wildman–Crippen LogP) is 2.82. The molecule has 0 amide bonds. The molecular weight excluding hydrogens is 493 g/mol. The maximum atomic E-state index is 13.3. The van der Waals surface area contributed by atoms with Crippen LogP contribution in [0, 0.1) is 11.7 Å². The van der Waals surface area contributed by atoms with Gasteiger partial charge in [0.15, 0.2) is 11.6 Å². The number of nitrogens with zero attached hydrogens (tertiary/aromatic N) is 9. The molecule has 1 saturated heterocycles. The third-order valence-corrected chi connectivity index (χ3v) is 6.56. The number of carboxylic acid groups (broad SMARTS) is 1. The van der Waals surface area contributed by atoms with E-state index in [1.54, 1.807) is 17.8 Å². The maximum absolute atomic E-state index is 13.3. The Morgan fingerprint density at radius 1 is 1.29 bits per heavy atom. The van der Waals surface area contributed by atoms with Crippen LogP contribution in [0.5, 0.6) is 5.88 Å². The molecule has 0 saturated carbocycles. The largest absolute Gasteiger partial charge is 0.481 e. The zero-order valence-corrected chi connectivity index (χ0v) is 21.2. The fourth-order valence-electron chi connectivity index (χ4n) is 4.71. The minimum Gasteiger partial charge on any atom is -0.481 e. The maximum Gasteiger partial charge on any atom is 0.303 e. The second kappa shape index (κ2) is 10.9. The van der Waals surface area contributed by atoms with Gasteiger partial charge in [0.05, 0.1) is 29.5 Å².